The Hall–Kier alpha value is -1.36. The van der Waals surface area contributed by atoms with Crippen LogP contribution in [0, 0.1) is 0 Å². The fraction of sp³-hybridized carbons (Fsp3) is 0.214. The van der Waals surface area contributed by atoms with Gasteiger partial charge in [-0.3, -0.25) is 4.79 Å². The van der Waals surface area contributed by atoms with Gasteiger partial charge in [0.15, 0.2) is 0 Å². The monoisotopic (exact) mass is 295 g/mol. The molecule has 1 unspecified atom stereocenters. The van der Waals surface area contributed by atoms with Gasteiger partial charge in [0.1, 0.15) is 0 Å². The molecule has 2 aromatic rings. The average Bonchev–Trinajstić information content (AvgIpc) is 2.81. The van der Waals surface area contributed by atoms with Gasteiger partial charge in [-0.1, -0.05) is 41.9 Å². The van der Waals surface area contributed by atoms with E-state index < -0.39 is 11.9 Å². The Morgan fingerprint density at radius 2 is 2.00 bits per heavy atom. The van der Waals surface area contributed by atoms with Crippen LogP contribution in [0.1, 0.15) is 16.4 Å². The molecule has 2 N–H and O–H groups in total. The third-order valence-electron chi connectivity index (χ3n) is 2.78. The van der Waals surface area contributed by atoms with E-state index in [1.807, 2.05) is 42.5 Å². The van der Waals surface area contributed by atoms with Gasteiger partial charge in [-0.25, -0.2) is 0 Å². The number of thiophene rings is 1. The summed E-state index contributed by atoms with van der Waals surface area (Å²) in [6.45, 7) is 1.03. The first kappa shape index (κ1) is 14.1. The summed E-state index contributed by atoms with van der Waals surface area (Å²) >= 11 is 7.34. The van der Waals surface area contributed by atoms with Crippen LogP contribution < -0.4 is 5.32 Å². The molecule has 0 fully saturated rings. The number of benzene rings is 1. The summed E-state index contributed by atoms with van der Waals surface area (Å²) in [6, 6.07) is 13.0. The maximum absolute atomic E-state index is 11.3. The maximum atomic E-state index is 11.3. The maximum Gasteiger partial charge on any atom is 0.312 e. The van der Waals surface area contributed by atoms with Crippen LogP contribution in [0.25, 0.3) is 0 Å². The van der Waals surface area contributed by atoms with Crippen LogP contribution in [0.15, 0.2) is 42.5 Å². The first-order valence-corrected chi connectivity index (χ1v) is 7.09. The smallest absolute Gasteiger partial charge is 0.312 e. The number of hydrogen-bond donors (Lipinski definition) is 2. The fourth-order valence-corrected chi connectivity index (χ4v) is 2.88. The Morgan fingerprint density at radius 1 is 1.26 bits per heavy atom. The van der Waals surface area contributed by atoms with Crippen LogP contribution in [-0.2, 0) is 11.3 Å². The minimum atomic E-state index is -0.817. The standard InChI is InChI=1S/C14H14ClNO2S/c15-13-7-6-11(19-13)8-16-9-12(14(17)18)10-4-2-1-3-5-10/h1-7,12,16H,8-9H2,(H,17,18). The van der Waals surface area contributed by atoms with Crippen molar-refractivity contribution in [2.45, 2.75) is 12.5 Å². The van der Waals surface area contributed by atoms with Gasteiger partial charge in [-0.2, -0.15) is 0 Å². The molecule has 0 amide bonds. The molecule has 5 heteroatoms. The van der Waals surface area contributed by atoms with Crippen molar-refractivity contribution in [3.63, 3.8) is 0 Å². The zero-order valence-electron chi connectivity index (χ0n) is 10.2. The minimum absolute atomic E-state index is 0.398. The van der Waals surface area contributed by atoms with Crippen molar-refractivity contribution in [2.24, 2.45) is 0 Å². The molecule has 1 aromatic carbocycles. The number of hydrogen-bond acceptors (Lipinski definition) is 3. The van der Waals surface area contributed by atoms with E-state index in [1.54, 1.807) is 0 Å². The van der Waals surface area contributed by atoms with Crippen molar-refractivity contribution in [2.75, 3.05) is 6.54 Å². The predicted molar refractivity (Wildman–Crippen MR) is 77.9 cm³/mol. The number of aliphatic carboxylic acids is 1. The summed E-state index contributed by atoms with van der Waals surface area (Å²) in [4.78, 5) is 12.4. The molecule has 0 saturated heterocycles. The van der Waals surface area contributed by atoms with Crippen LogP contribution in [0.3, 0.4) is 0 Å². The molecule has 0 aliphatic heterocycles. The number of carboxylic acids is 1. The lowest BCUT2D eigenvalue weighted by Crippen LogP contribution is -2.26. The summed E-state index contributed by atoms with van der Waals surface area (Å²) in [7, 11) is 0. The molecule has 1 heterocycles. The number of halogens is 1. The van der Waals surface area contributed by atoms with Crippen LogP contribution in [0.4, 0.5) is 0 Å². The average molecular weight is 296 g/mol. The second-order valence-corrected chi connectivity index (χ2v) is 5.94. The highest BCUT2D eigenvalue weighted by atomic mass is 35.5. The Bertz CT molecular complexity index is 541. The lowest BCUT2D eigenvalue weighted by Gasteiger charge is -2.13. The molecule has 0 saturated carbocycles. The summed E-state index contributed by atoms with van der Waals surface area (Å²) in [5, 5.41) is 12.4. The molecule has 0 bridgehead atoms. The van der Waals surface area contributed by atoms with Gasteiger partial charge in [0.25, 0.3) is 0 Å². The van der Waals surface area contributed by atoms with Crippen molar-refractivity contribution in [1.29, 1.82) is 0 Å². The van der Waals surface area contributed by atoms with E-state index in [9.17, 15) is 9.90 Å². The van der Waals surface area contributed by atoms with Crippen molar-refractivity contribution in [1.82, 2.24) is 5.32 Å². The van der Waals surface area contributed by atoms with Gasteiger partial charge in [0.2, 0.25) is 0 Å². The molecule has 0 spiro atoms. The first-order chi connectivity index (χ1) is 9.16. The third kappa shape index (κ3) is 4.06. The number of carbonyl (C=O) groups is 1. The SMILES string of the molecule is O=C(O)C(CNCc1ccc(Cl)s1)c1ccccc1. The Kier molecular flexibility index (Phi) is 4.96. The van der Waals surface area contributed by atoms with E-state index in [-0.39, 0.29) is 0 Å². The van der Waals surface area contributed by atoms with Crippen molar-refractivity contribution < 1.29 is 9.90 Å². The van der Waals surface area contributed by atoms with E-state index in [0.717, 1.165) is 14.8 Å². The molecule has 3 nitrogen and oxygen atoms in total. The fourth-order valence-electron chi connectivity index (χ4n) is 1.82. The van der Waals surface area contributed by atoms with Crippen LogP contribution >= 0.6 is 22.9 Å². The summed E-state index contributed by atoms with van der Waals surface area (Å²) in [5.74, 6) is -1.35. The highest BCUT2D eigenvalue weighted by Crippen LogP contribution is 2.21. The molecule has 2 rings (SSSR count). The third-order valence-corrected chi connectivity index (χ3v) is 4.01. The molecule has 1 atom stereocenters. The molecule has 0 aliphatic rings. The van der Waals surface area contributed by atoms with E-state index in [2.05, 4.69) is 5.32 Å². The number of carboxylic acid groups (broad SMARTS) is 1. The van der Waals surface area contributed by atoms with Gasteiger partial charge in [0.05, 0.1) is 10.3 Å². The zero-order valence-corrected chi connectivity index (χ0v) is 11.7. The Morgan fingerprint density at radius 3 is 2.58 bits per heavy atom. The highest BCUT2D eigenvalue weighted by Gasteiger charge is 2.18. The molecule has 100 valence electrons. The van der Waals surface area contributed by atoms with E-state index in [0.29, 0.717) is 13.1 Å². The summed E-state index contributed by atoms with van der Waals surface area (Å²) in [5.41, 5.74) is 0.812. The normalized spacial score (nSPS) is 12.3. The van der Waals surface area contributed by atoms with Gasteiger partial charge in [-0.15, -0.1) is 11.3 Å². The predicted octanol–water partition coefficient (Wildman–Crippen LogP) is 3.36. The lowest BCUT2D eigenvalue weighted by molar-refractivity contribution is -0.138. The Balaban J connectivity index is 1.93. The quantitative estimate of drug-likeness (QED) is 0.859. The van der Waals surface area contributed by atoms with Gasteiger partial charge in [0, 0.05) is 18.0 Å². The minimum Gasteiger partial charge on any atom is -0.481 e. The topological polar surface area (TPSA) is 49.3 Å². The van der Waals surface area contributed by atoms with Crippen LogP contribution in [-0.4, -0.2) is 17.6 Å². The largest absolute Gasteiger partial charge is 0.481 e. The van der Waals surface area contributed by atoms with Crippen molar-refractivity contribution >= 4 is 28.9 Å². The molecule has 1 aromatic heterocycles. The molecular formula is C14H14ClNO2S. The van der Waals surface area contributed by atoms with E-state index in [1.165, 1.54) is 11.3 Å². The molecule has 0 aliphatic carbocycles. The summed E-state index contributed by atoms with van der Waals surface area (Å²) in [6.07, 6.45) is 0. The summed E-state index contributed by atoms with van der Waals surface area (Å²) < 4.78 is 0.745. The van der Waals surface area contributed by atoms with Gasteiger partial charge >= 0.3 is 5.97 Å². The molecular weight excluding hydrogens is 282 g/mol. The van der Waals surface area contributed by atoms with E-state index >= 15 is 0 Å². The number of rotatable bonds is 6. The van der Waals surface area contributed by atoms with E-state index in [4.69, 9.17) is 11.6 Å². The van der Waals surface area contributed by atoms with Gasteiger partial charge < -0.3 is 10.4 Å². The van der Waals surface area contributed by atoms with Crippen LogP contribution in [0.2, 0.25) is 4.34 Å². The van der Waals surface area contributed by atoms with Crippen molar-refractivity contribution in [3.8, 4) is 0 Å². The first-order valence-electron chi connectivity index (χ1n) is 5.89. The van der Waals surface area contributed by atoms with Crippen molar-refractivity contribution in [3.05, 3.63) is 57.2 Å². The molecule has 19 heavy (non-hydrogen) atoms. The Labute approximate surface area is 120 Å². The molecule has 0 radical (unpaired) electrons. The second kappa shape index (κ2) is 6.70. The van der Waals surface area contributed by atoms with Gasteiger partial charge in [-0.05, 0) is 17.7 Å². The highest BCUT2D eigenvalue weighted by molar-refractivity contribution is 7.16. The van der Waals surface area contributed by atoms with Crippen LogP contribution in [0.5, 0.6) is 0 Å². The zero-order chi connectivity index (χ0) is 13.7. The number of nitrogens with one attached hydrogen (secondary N) is 1. The lowest BCUT2D eigenvalue weighted by atomic mass is 9.99. The second-order valence-electron chi connectivity index (χ2n) is 4.14.